The van der Waals surface area contributed by atoms with Gasteiger partial charge in [0, 0.05) is 28.3 Å². The van der Waals surface area contributed by atoms with Crippen molar-refractivity contribution in [3.05, 3.63) is 70.9 Å². The van der Waals surface area contributed by atoms with E-state index >= 15 is 0 Å². The predicted octanol–water partition coefficient (Wildman–Crippen LogP) is 4.75. The fourth-order valence-corrected chi connectivity index (χ4v) is 4.73. The number of anilines is 1. The Morgan fingerprint density at radius 1 is 1.09 bits per heavy atom. The number of amides is 1. The van der Waals surface area contributed by atoms with Gasteiger partial charge in [0.1, 0.15) is 11.5 Å². The van der Waals surface area contributed by atoms with Crippen LogP contribution in [0.4, 0.5) is 5.13 Å². The highest BCUT2D eigenvalue weighted by molar-refractivity contribution is 7.14. The van der Waals surface area contributed by atoms with E-state index in [0.717, 1.165) is 47.5 Å². The van der Waals surface area contributed by atoms with Crippen molar-refractivity contribution in [1.82, 2.24) is 14.8 Å². The Labute approximate surface area is 189 Å². The Morgan fingerprint density at radius 3 is 2.72 bits per heavy atom. The fourth-order valence-electron chi connectivity index (χ4n) is 4.02. The van der Waals surface area contributed by atoms with Crippen LogP contribution >= 0.6 is 11.3 Å². The van der Waals surface area contributed by atoms with Crippen molar-refractivity contribution >= 4 is 22.4 Å². The molecule has 32 heavy (non-hydrogen) atoms. The summed E-state index contributed by atoms with van der Waals surface area (Å²) in [5.74, 6) is 1.13. The van der Waals surface area contributed by atoms with Crippen LogP contribution in [0.25, 0.3) is 16.9 Å². The van der Waals surface area contributed by atoms with E-state index in [-0.39, 0.29) is 5.91 Å². The maximum atomic E-state index is 13.1. The number of nitrogens with zero attached hydrogens (tertiary/aromatic N) is 3. The highest BCUT2D eigenvalue weighted by atomic mass is 32.1. The molecule has 4 aromatic rings. The van der Waals surface area contributed by atoms with E-state index in [1.165, 1.54) is 11.3 Å². The van der Waals surface area contributed by atoms with E-state index in [2.05, 4.69) is 15.4 Å². The van der Waals surface area contributed by atoms with Crippen molar-refractivity contribution in [2.45, 2.75) is 19.3 Å². The summed E-state index contributed by atoms with van der Waals surface area (Å²) >= 11 is 1.37. The van der Waals surface area contributed by atoms with Crippen LogP contribution < -0.4 is 14.8 Å². The molecule has 0 atom stereocenters. The van der Waals surface area contributed by atoms with E-state index < -0.39 is 0 Å². The lowest BCUT2D eigenvalue weighted by Gasteiger charge is -2.08. The molecule has 2 aromatic heterocycles. The van der Waals surface area contributed by atoms with Gasteiger partial charge >= 0.3 is 0 Å². The van der Waals surface area contributed by atoms with Crippen LogP contribution in [0, 0.1) is 0 Å². The zero-order valence-electron chi connectivity index (χ0n) is 17.8. The molecule has 5 rings (SSSR count). The van der Waals surface area contributed by atoms with Crippen molar-refractivity contribution in [3.8, 4) is 28.4 Å². The second-order valence-corrected chi connectivity index (χ2v) is 8.29. The molecule has 2 heterocycles. The van der Waals surface area contributed by atoms with E-state index in [4.69, 9.17) is 9.47 Å². The smallest absolute Gasteiger partial charge is 0.278 e. The molecule has 0 spiro atoms. The molecule has 2 aromatic carbocycles. The minimum absolute atomic E-state index is 0.236. The van der Waals surface area contributed by atoms with Gasteiger partial charge < -0.3 is 9.47 Å². The van der Waals surface area contributed by atoms with Crippen LogP contribution in [0.2, 0.25) is 0 Å². The van der Waals surface area contributed by atoms with Gasteiger partial charge in [-0.05, 0) is 43.5 Å². The minimum atomic E-state index is -0.236. The lowest BCUT2D eigenvalue weighted by Crippen LogP contribution is -2.14. The first-order valence-corrected chi connectivity index (χ1v) is 11.2. The molecule has 0 unspecified atom stereocenters. The van der Waals surface area contributed by atoms with Gasteiger partial charge in [-0.25, -0.2) is 9.67 Å². The SMILES string of the molecule is COc1ccc(-c2csc(NC(=O)c3nn(-c4ccccc4)c4c3CCC4)n2)c(OC)c1. The van der Waals surface area contributed by atoms with Gasteiger partial charge in [-0.2, -0.15) is 5.10 Å². The molecule has 1 aliphatic carbocycles. The maximum Gasteiger partial charge on any atom is 0.278 e. The molecule has 162 valence electrons. The molecule has 1 N–H and O–H groups in total. The summed E-state index contributed by atoms with van der Waals surface area (Å²) in [5, 5.41) is 10.0. The van der Waals surface area contributed by atoms with Crippen LogP contribution in [-0.2, 0) is 12.8 Å². The number of carbonyl (C=O) groups is 1. The van der Waals surface area contributed by atoms with Crippen molar-refractivity contribution in [2.24, 2.45) is 0 Å². The minimum Gasteiger partial charge on any atom is -0.497 e. The average Bonchev–Trinajstić information content (AvgIpc) is 3.56. The molecule has 0 saturated heterocycles. The first kappa shape index (κ1) is 20.3. The van der Waals surface area contributed by atoms with Gasteiger partial charge in [0.05, 0.1) is 25.6 Å². The maximum absolute atomic E-state index is 13.1. The third-order valence-electron chi connectivity index (χ3n) is 5.56. The van der Waals surface area contributed by atoms with Crippen LogP contribution in [0.15, 0.2) is 53.9 Å². The van der Waals surface area contributed by atoms with E-state index in [0.29, 0.717) is 22.3 Å². The number of para-hydroxylation sites is 1. The predicted molar refractivity (Wildman–Crippen MR) is 124 cm³/mol. The Kier molecular flexibility index (Phi) is 5.36. The van der Waals surface area contributed by atoms with E-state index in [1.54, 1.807) is 14.2 Å². The zero-order chi connectivity index (χ0) is 22.1. The number of methoxy groups -OCH3 is 2. The summed E-state index contributed by atoms with van der Waals surface area (Å²) < 4.78 is 12.6. The quantitative estimate of drug-likeness (QED) is 0.462. The number of ether oxygens (including phenoxy) is 2. The summed E-state index contributed by atoms with van der Waals surface area (Å²) in [6.45, 7) is 0. The Morgan fingerprint density at radius 2 is 1.94 bits per heavy atom. The van der Waals surface area contributed by atoms with Crippen molar-refractivity contribution in [1.29, 1.82) is 0 Å². The number of rotatable bonds is 6. The number of hydrogen-bond donors (Lipinski definition) is 1. The Bertz CT molecular complexity index is 1280. The molecule has 0 aliphatic heterocycles. The second-order valence-electron chi connectivity index (χ2n) is 7.43. The average molecular weight is 447 g/mol. The molecule has 0 fully saturated rings. The van der Waals surface area contributed by atoms with Crippen molar-refractivity contribution in [2.75, 3.05) is 19.5 Å². The lowest BCUT2D eigenvalue weighted by atomic mass is 10.1. The van der Waals surface area contributed by atoms with Gasteiger partial charge in [0.25, 0.3) is 5.91 Å². The summed E-state index contributed by atoms with van der Waals surface area (Å²) in [6, 6.07) is 15.5. The lowest BCUT2D eigenvalue weighted by molar-refractivity contribution is 0.102. The third-order valence-corrected chi connectivity index (χ3v) is 6.31. The molecular formula is C24H22N4O3S. The molecule has 0 radical (unpaired) electrons. The number of aromatic nitrogens is 3. The topological polar surface area (TPSA) is 78.3 Å². The summed E-state index contributed by atoms with van der Waals surface area (Å²) in [6.07, 6.45) is 2.80. The van der Waals surface area contributed by atoms with Gasteiger partial charge in [-0.1, -0.05) is 18.2 Å². The van der Waals surface area contributed by atoms with E-state index in [9.17, 15) is 4.79 Å². The molecule has 7 nitrogen and oxygen atoms in total. The number of carbonyl (C=O) groups excluding carboxylic acids is 1. The molecule has 1 aliphatic rings. The monoisotopic (exact) mass is 446 g/mol. The normalized spacial score (nSPS) is 12.4. The van der Waals surface area contributed by atoms with Crippen LogP contribution in [0.3, 0.4) is 0 Å². The standard InChI is InChI=1S/C24H22N4O3S/c1-30-16-11-12-17(21(13-16)31-2)19-14-32-24(25-19)26-23(29)22-18-9-6-10-20(18)28(27-22)15-7-4-3-5-8-15/h3-5,7-8,11-14H,6,9-10H2,1-2H3,(H,25,26,29). The van der Waals surface area contributed by atoms with E-state index in [1.807, 2.05) is 58.6 Å². The highest BCUT2D eigenvalue weighted by Crippen LogP contribution is 2.35. The van der Waals surface area contributed by atoms with Gasteiger partial charge in [-0.3, -0.25) is 10.1 Å². The molecule has 0 saturated carbocycles. The Hall–Kier alpha value is -3.65. The first-order valence-electron chi connectivity index (χ1n) is 10.3. The number of thiazole rings is 1. The van der Waals surface area contributed by atoms with Gasteiger partial charge in [0.2, 0.25) is 0 Å². The van der Waals surface area contributed by atoms with Crippen LogP contribution in [-0.4, -0.2) is 34.9 Å². The molecular weight excluding hydrogens is 424 g/mol. The van der Waals surface area contributed by atoms with Gasteiger partial charge in [-0.15, -0.1) is 11.3 Å². The fraction of sp³-hybridized carbons (Fsp3) is 0.208. The van der Waals surface area contributed by atoms with Crippen LogP contribution in [0.5, 0.6) is 11.5 Å². The number of hydrogen-bond acceptors (Lipinski definition) is 6. The number of benzene rings is 2. The second kappa shape index (κ2) is 8.47. The zero-order valence-corrected chi connectivity index (χ0v) is 18.6. The van der Waals surface area contributed by atoms with Crippen LogP contribution in [0.1, 0.15) is 28.2 Å². The van der Waals surface area contributed by atoms with Crippen molar-refractivity contribution < 1.29 is 14.3 Å². The number of fused-ring (bicyclic) bond motifs is 1. The highest BCUT2D eigenvalue weighted by Gasteiger charge is 2.27. The Balaban J connectivity index is 1.41. The summed E-state index contributed by atoms with van der Waals surface area (Å²) in [5.41, 5.74) is 5.14. The molecule has 8 heteroatoms. The largest absolute Gasteiger partial charge is 0.497 e. The first-order chi connectivity index (χ1) is 15.7. The van der Waals surface area contributed by atoms with Gasteiger partial charge in [0.15, 0.2) is 10.8 Å². The summed E-state index contributed by atoms with van der Waals surface area (Å²) in [4.78, 5) is 17.7. The number of nitrogens with one attached hydrogen (secondary N) is 1. The molecule has 1 amide bonds. The molecule has 0 bridgehead atoms. The van der Waals surface area contributed by atoms with Crippen molar-refractivity contribution in [3.63, 3.8) is 0 Å². The summed E-state index contributed by atoms with van der Waals surface area (Å²) in [7, 11) is 3.22. The third kappa shape index (κ3) is 3.62.